The van der Waals surface area contributed by atoms with Gasteiger partial charge in [-0.3, -0.25) is 0 Å². The molecule has 2 atom stereocenters. The Kier molecular flexibility index (Phi) is 5.25. The highest BCUT2D eigenvalue weighted by atomic mass is 16.5. The molecular formula is C24H32N2O. The maximum absolute atomic E-state index is 5.99. The zero-order valence-electron chi connectivity index (χ0n) is 16.8. The van der Waals surface area contributed by atoms with E-state index in [2.05, 4.69) is 73.9 Å². The lowest BCUT2D eigenvalue weighted by Gasteiger charge is -2.34. The summed E-state index contributed by atoms with van der Waals surface area (Å²) < 4.78 is 5.99. The van der Waals surface area contributed by atoms with E-state index >= 15 is 0 Å². The number of fused-ring (bicyclic) bond motifs is 1. The molecule has 0 radical (unpaired) electrons. The lowest BCUT2D eigenvalue weighted by atomic mass is 9.84. The molecule has 27 heavy (non-hydrogen) atoms. The summed E-state index contributed by atoms with van der Waals surface area (Å²) in [5, 5.41) is 7.57. The van der Waals surface area contributed by atoms with Crippen molar-refractivity contribution < 1.29 is 4.74 Å². The fourth-order valence-corrected chi connectivity index (χ4v) is 4.31. The number of nitrogens with one attached hydrogen (secondary N) is 2. The Morgan fingerprint density at radius 2 is 1.96 bits per heavy atom. The average Bonchev–Trinajstić information content (AvgIpc) is 3.15. The molecule has 1 fully saturated rings. The van der Waals surface area contributed by atoms with Crippen LogP contribution in [0, 0.1) is 0 Å². The molecule has 3 nitrogen and oxygen atoms in total. The van der Waals surface area contributed by atoms with Gasteiger partial charge in [0.2, 0.25) is 0 Å². The molecule has 0 amide bonds. The van der Waals surface area contributed by atoms with Crippen molar-refractivity contribution in [2.24, 2.45) is 0 Å². The summed E-state index contributed by atoms with van der Waals surface area (Å²) in [7, 11) is 0. The van der Waals surface area contributed by atoms with Gasteiger partial charge in [0.1, 0.15) is 5.75 Å². The summed E-state index contributed by atoms with van der Waals surface area (Å²) in [6.45, 7) is 9.64. The van der Waals surface area contributed by atoms with Crippen LogP contribution in [0.3, 0.4) is 0 Å². The maximum Gasteiger partial charge on any atom is 0.127 e. The molecule has 0 aliphatic carbocycles. The zero-order chi connectivity index (χ0) is 18.9. The van der Waals surface area contributed by atoms with Crippen molar-refractivity contribution in [1.82, 2.24) is 10.6 Å². The normalized spacial score (nSPS) is 22.3. The van der Waals surface area contributed by atoms with Crippen LogP contribution in [0.4, 0.5) is 0 Å². The van der Waals surface area contributed by atoms with E-state index in [0.29, 0.717) is 12.1 Å². The van der Waals surface area contributed by atoms with E-state index in [-0.39, 0.29) is 5.41 Å². The van der Waals surface area contributed by atoms with Crippen LogP contribution >= 0.6 is 0 Å². The van der Waals surface area contributed by atoms with Crippen LogP contribution in [-0.4, -0.2) is 19.2 Å². The molecule has 0 unspecified atom stereocenters. The third kappa shape index (κ3) is 4.04. The molecule has 0 aromatic heterocycles. The van der Waals surface area contributed by atoms with Gasteiger partial charge in [0.25, 0.3) is 0 Å². The Labute approximate surface area is 163 Å². The van der Waals surface area contributed by atoms with E-state index < -0.39 is 0 Å². The molecule has 2 aliphatic rings. The van der Waals surface area contributed by atoms with E-state index in [1.165, 1.54) is 35.1 Å². The van der Waals surface area contributed by atoms with E-state index in [4.69, 9.17) is 4.74 Å². The molecule has 144 valence electrons. The minimum Gasteiger partial charge on any atom is -0.493 e. The smallest absolute Gasteiger partial charge is 0.127 e. The molecule has 2 aromatic carbocycles. The zero-order valence-corrected chi connectivity index (χ0v) is 16.8. The van der Waals surface area contributed by atoms with Crippen LogP contribution in [0.2, 0.25) is 0 Å². The van der Waals surface area contributed by atoms with Gasteiger partial charge in [0.15, 0.2) is 0 Å². The summed E-state index contributed by atoms with van der Waals surface area (Å²) in [6.07, 6.45) is 3.45. The fourth-order valence-electron chi connectivity index (χ4n) is 4.31. The second-order valence-electron chi connectivity index (χ2n) is 8.94. The number of rotatable bonds is 4. The summed E-state index contributed by atoms with van der Waals surface area (Å²) in [6, 6.07) is 16.3. The minimum absolute atomic E-state index is 0.158. The molecule has 0 spiro atoms. The summed E-state index contributed by atoms with van der Waals surface area (Å²) in [5.74, 6) is 1.12. The molecule has 2 N–H and O–H groups in total. The van der Waals surface area contributed by atoms with Gasteiger partial charge >= 0.3 is 0 Å². The van der Waals surface area contributed by atoms with Crippen LogP contribution < -0.4 is 15.4 Å². The molecular weight excluding hydrogens is 332 g/mol. The Balaban J connectivity index is 1.55. The van der Waals surface area contributed by atoms with Crippen molar-refractivity contribution in [3.8, 4) is 5.75 Å². The van der Waals surface area contributed by atoms with Gasteiger partial charge in [-0.25, -0.2) is 0 Å². The van der Waals surface area contributed by atoms with Crippen molar-refractivity contribution in [2.75, 3.05) is 13.2 Å². The van der Waals surface area contributed by atoms with Gasteiger partial charge in [-0.2, -0.15) is 0 Å². The molecule has 3 heteroatoms. The van der Waals surface area contributed by atoms with Crippen molar-refractivity contribution in [1.29, 1.82) is 0 Å². The maximum atomic E-state index is 5.99. The predicted molar refractivity (Wildman–Crippen MR) is 111 cm³/mol. The third-order valence-electron chi connectivity index (χ3n) is 5.90. The van der Waals surface area contributed by atoms with Crippen molar-refractivity contribution in [2.45, 2.75) is 64.1 Å². The Morgan fingerprint density at radius 1 is 1.15 bits per heavy atom. The second kappa shape index (κ2) is 7.65. The lowest BCUT2D eigenvalue weighted by Crippen LogP contribution is -2.45. The Morgan fingerprint density at radius 3 is 2.74 bits per heavy atom. The molecule has 2 aliphatic heterocycles. The predicted octanol–water partition coefficient (Wildman–Crippen LogP) is 4.50. The van der Waals surface area contributed by atoms with Gasteiger partial charge < -0.3 is 15.4 Å². The first-order valence-corrected chi connectivity index (χ1v) is 10.3. The fraction of sp³-hybridized carbons (Fsp3) is 0.500. The summed E-state index contributed by atoms with van der Waals surface area (Å²) in [4.78, 5) is 0. The molecule has 0 saturated carbocycles. The Hall–Kier alpha value is -1.84. The van der Waals surface area contributed by atoms with Crippen LogP contribution in [0.15, 0.2) is 42.5 Å². The third-order valence-corrected chi connectivity index (χ3v) is 5.90. The minimum atomic E-state index is 0.158. The molecule has 0 bridgehead atoms. The SMILES string of the molecule is CC(C)(C)c1cc2c(c(CN[C@H]3CCCN[C@H]3c3ccccc3)c1)OCC2. The lowest BCUT2D eigenvalue weighted by molar-refractivity contribution is 0.301. The van der Waals surface area contributed by atoms with E-state index in [0.717, 1.165) is 31.9 Å². The van der Waals surface area contributed by atoms with Gasteiger partial charge in [-0.15, -0.1) is 0 Å². The highest BCUT2D eigenvalue weighted by molar-refractivity contribution is 5.48. The largest absolute Gasteiger partial charge is 0.493 e. The first-order valence-electron chi connectivity index (χ1n) is 10.3. The van der Waals surface area contributed by atoms with Crippen molar-refractivity contribution in [3.63, 3.8) is 0 Å². The molecule has 4 rings (SSSR count). The van der Waals surface area contributed by atoms with Crippen LogP contribution in [0.25, 0.3) is 0 Å². The number of hydrogen-bond donors (Lipinski definition) is 2. The monoisotopic (exact) mass is 364 g/mol. The molecule has 1 saturated heterocycles. The summed E-state index contributed by atoms with van der Waals surface area (Å²) in [5.41, 5.74) is 5.63. The van der Waals surface area contributed by atoms with Crippen molar-refractivity contribution in [3.05, 3.63) is 64.7 Å². The standard InChI is InChI=1S/C24H32N2O/c1-24(2,3)20-14-18-11-13-27-23(18)19(15-20)16-26-21-10-7-12-25-22(21)17-8-5-4-6-9-17/h4-6,8-9,14-15,21-22,25-26H,7,10-13,16H2,1-3H3/t21-,22-/m0/s1. The second-order valence-corrected chi connectivity index (χ2v) is 8.94. The first kappa shape index (κ1) is 18.5. The van der Waals surface area contributed by atoms with Gasteiger partial charge in [-0.05, 0) is 41.5 Å². The topological polar surface area (TPSA) is 33.3 Å². The quantitative estimate of drug-likeness (QED) is 0.838. The number of ether oxygens (including phenoxy) is 1. The van der Waals surface area contributed by atoms with Gasteiger partial charge in [0, 0.05) is 30.6 Å². The average molecular weight is 365 g/mol. The number of hydrogen-bond acceptors (Lipinski definition) is 3. The molecule has 2 aromatic rings. The van der Waals surface area contributed by atoms with E-state index in [1.54, 1.807) is 0 Å². The van der Waals surface area contributed by atoms with Crippen LogP contribution in [0.5, 0.6) is 5.75 Å². The summed E-state index contributed by atoms with van der Waals surface area (Å²) >= 11 is 0. The highest BCUT2D eigenvalue weighted by Crippen LogP contribution is 2.35. The number of piperidine rings is 1. The van der Waals surface area contributed by atoms with E-state index in [9.17, 15) is 0 Å². The molecule has 2 heterocycles. The van der Waals surface area contributed by atoms with Gasteiger partial charge in [-0.1, -0.05) is 63.2 Å². The van der Waals surface area contributed by atoms with Crippen molar-refractivity contribution >= 4 is 0 Å². The Bertz CT molecular complexity index is 779. The van der Waals surface area contributed by atoms with Crippen LogP contribution in [0.1, 0.15) is 61.9 Å². The van der Waals surface area contributed by atoms with Gasteiger partial charge in [0.05, 0.1) is 6.61 Å². The number of benzene rings is 2. The van der Waals surface area contributed by atoms with E-state index in [1.807, 2.05) is 0 Å². The highest BCUT2D eigenvalue weighted by Gasteiger charge is 2.27. The van der Waals surface area contributed by atoms with Crippen LogP contribution in [-0.2, 0) is 18.4 Å². The first-order chi connectivity index (χ1) is 13.0.